The van der Waals surface area contributed by atoms with E-state index in [9.17, 15) is 20.0 Å². The number of aliphatic hydroxyl groups is 1. The first-order valence-electron chi connectivity index (χ1n) is 6.45. The van der Waals surface area contributed by atoms with Crippen LogP contribution in [0.5, 0.6) is 0 Å². The Labute approximate surface area is 115 Å². The van der Waals surface area contributed by atoms with E-state index in [2.05, 4.69) is 5.32 Å². The zero-order chi connectivity index (χ0) is 14.7. The normalized spacial score (nSPS) is 22.2. The van der Waals surface area contributed by atoms with E-state index in [0.29, 0.717) is 12.1 Å². The highest BCUT2D eigenvalue weighted by atomic mass is 16.6. The molecule has 20 heavy (non-hydrogen) atoms. The predicted molar refractivity (Wildman–Crippen MR) is 71.9 cm³/mol. The molecule has 0 saturated heterocycles. The van der Waals surface area contributed by atoms with E-state index in [1.54, 1.807) is 0 Å². The van der Waals surface area contributed by atoms with Crippen LogP contribution in [-0.4, -0.2) is 33.3 Å². The first kappa shape index (κ1) is 14.3. The van der Waals surface area contributed by atoms with Gasteiger partial charge in [-0.05, 0) is 25.0 Å². The Balaban J connectivity index is 2.22. The number of rotatable bonds is 4. The summed E-state index contributed by atoms with van der Waals surface area (Å²) in [7, 11) is 0. The monoisotopic (exact) mass is 280 g/mol. The van der Waals surface area contributed by atoms with Crippen LogP contribution in [0, 0.1) is 10.1 Å². The number of aliphatic hydroxyl groups excluding tert-OH is 1. The van der Waals surface area contributed by atoms with E-state index in [-0.39, 0.29) is 11.6 Å². The molecule has 2 rings (SSSR count). The molecule has 0 spiro atoms. The van der Waals surface area contributed by atoms with Crippen LogP contribution in [0.25, 0.3) is 0 Å². The Kier molecular flexibility index (Phi) is 4.19. The lowest BCUT2D eigenvalue weighted by Crippen LogP contribution is -2.36. The second kappa shape index (κ2) is 5.87. The Hall–Kier alpha value is -2.15. The summed E-state index contributed by atoms with van der Waals surface area (Å²) in [6, 6.07) is 3.72. The Morgan fingerprint density at radius 2 is 2.05 bits per heavy atom. The minimum Gasteiger partial charge on any atom is -0.477 e. The van der Waals surface area contributed by atoms with E-state index in [1.165, 1.54) is 18.2 Å². The van der Waals surface area contributed by atoms with E-state index < -0.39 is 22.7 Å². The molecule has 0 aromatic heterocycles. The highest BCUT2D eigenvalue weighted by Crippen LogP contribution is 2.26. The molecule has 1 aromatic carbocycles. The average Bonchev–Trinajstić information content (AvgIpc) is 2.41. The van der Waals surface area contributed by atoms with Gasteiger partial charge in [0.25, 0.3) is 5.69 Å². The first-order valence-corrected chi connectivity index (χ1v) is 6.45. The first-order chi connectivity index (χ1) is 9.49. The molecule has 1 aliphatic rings. The standard InChI is InChI=1S/C13H16N2O5/c16-12-4-2-1-3-10(12)14-8-5-6-11(15(19)20)9(7-8)13(17)18/h5-7,10,12,14,16H,1-4H2,(H,17,18). The van der Waals surface area contributed by atoms with Gasteiger partial charge in [0.15, 0.2) is 0 Å². The molecule has 0 bridgehead atoms. The fourth-order valence-electron chi connectivity index (χ4n) is 2.45. The molecule has 0 heterocycles. The zero-order valence-electron chi connectivity index (χ0n) is 10.8. The van der Waals surface area contributed by atoms with Crippen molar-refractivity contribution in [3.05, 3.63) is 33.9 Å². The lowest BCUT2D eigenvalue weighted by atomic mass is 9.92. The second-order valence-electron chi connectivity index (χ2n) is 4.90. The van der Waals surface area contributed by atoms with Crippen LogP contribution in [0.4, 0.5) is 11.4 Å². The van der Waals surface area contributed by atoms with Crippen molar-refractivity contribution >= 4 is 17.3 Å². The molecule has 0 amide bonds. The van der Waals surface area contributed by atoms with E-state index in [1.807, 2.05) is 0 Å². The number of aromatic carboxylic acids is 1. The lowest BCUT2D eigenvalue weighted by Gasteiger charge is -2.29. The van der Waals surface area contributed by atoms with Crippen LogP contribution >= 0.6 is 0 Å². The lowest BCUT2D eigenvalue weighted by molar-refractivity contribution is -0.385. The number of carboxylic acid groups (broad SMARTS) is 1. The fraction of sp³-hybridized carbons (Fsp3) is 0.462. The largest absolute Gasteiger partial charge is 0.477 e. The number of anilines is 1. The van der Waals surface area contributed by atoms with Crippen molar-refractivity contribution in [2.24, 2.45) is 0 Å². The molecule has 1 aromatic rings. The Morgan fingerprint density at radius 3 is 2.65 bits per heavy atom. The molecule has 1 aliphatic carbocycles. The van der Waals surface area contributed by atoms with Gasteiger partial charge in [-0.25, -0.2) is 4.79 Å². The van der Waals surface area contributed by atoms with Crippen molar-refractivity contribution in [1.29, 1.82) is 0 Å². The maximum atomic E-state index is 11.1. The van der Waals surface area contributed by atoms with E-state index >= 15 is 0 Å². The van der Waals surface area contributed by atoms with Gasteiger partial charge in [0.2, 0.25) is 0 Å². The number of carboxylic acids is 1. The maximum Gasteiger partial charge on any atom is 0.342 e. The summed E-state index contributed by atoms with van der Waals surface area (Å²) in [6.07, 6.45) is 2.98. The molecular weight excluding hydrogens is 264 g/mol. The Bertz CT molecular complexity index is 531. The van der Waals surface area contributed by atoms with Gasteiger partial charge in [-0.3, -0.25) is 10.1 Å². The molecule has 108 valence electrons. The van der Waals surface area contributed by atoms with E-state index in [0.717, 1.165) is 19.3 Å². The highest BCUT2D eigenvalue weighted by Gasteiger charge is 2.24. The van der Waals surface area contributed by atoms with Crippen molar-refractivity contribution in [1.82, 2.24) is 0 Å². The maximum absolute atomic E-state index is 11.1. The zero-order valence-corrected chi connectivity index (χ0v) is 10.8. The molecule has 3 N–H and O–H groups in total. The third kappa shape index (κ3) is 3.05. The van der Waals surface area contributed by atoms with Gasteiger partial charge >= 0.3 is 5.97 Å². The molecule has 1 fully saturated rings. The number of carbonyl (C=O) groups is 1. The topological polar surface area (TPSA) is 113 Å². The minimum absolute atomic E-state index is 0.146. The summed E-state index contributed by atoms with van der Waals surface area (Å²) in [5, 5.41) is 32.7. The highest BCUT2D eigenvalue weighted by molar-refractivity contribution is 5.93. The number of nitrogens with one attached hydrogen (secondary N) is 1. The SMILES string of the molecule is O=C(O)c1cc(NC2CCCCC2O)ccc1[N+](=O)[O-]. The van der Waals surface area contributed by atoms with Crippen molar-refractivity contribution in [3.63, 3.8) is 0 Å². The number of nitrogens with zero attached hydrogens (tertiary/aromatic N) is 1. The number of hydrogen-bond acceptors (Lipinski definition) is 5. The number of benzene rings is 1. The second-order valence-corrected chi connectivity index (χ2v) is 4.90. The van der Waals surface area contributed by atoms with Crippen molar-refractivity contribution < 1.29 is 19.9 Å². The van der Waals surface area contributed by atoms with Gasteiger partial charge in [-0.1, -0.05) is 12.8 Å². The molecule has 2 unspecified atom stereocenters. The summed E-state index contributed by atoms with van der Waals surface area (Å²) < 4.78 is 0. The van der Waals surface area contributed by atoms with Gasteiger partial charge < -0.3 is 15.5 Å². The van der Waals surface area contributed by atoms with Crippen LogP contribution in [0.2, 0.25) is 0 Å². The molecule has 0 radical (unpaired) electrons. The molecule has 0 aliphatic heterocycles. The third-order valence-electron chi connectivity index (χ3n) is 3.51. The summed E-state index contributed by atoms with van der Waals surface area (Å²) in [5.41, 5.74) is -0.323. The van der Waals surface area contributed by atoms with Gasteiger partial charge in [0.1, 0.15) is 5.56 Å². The fourth-order valence-corrected chi connectivity index (χ4v) is 2.45. The number of nitro benzene ring substituents is 1. The summed E-state index contributed by atoms with van der Waals surface area (Å²) >= 11 is 0. The van der Waals surface area contributed by atoms with Crippen LogP contribution in [-0.2, 0) is 0 Å². The van der Waals surface area contributed by atoms with Gasteiger partial charge in [0, 0.05) is 11.8 Å². The summed E-state index contributed by atoms with van der Waals surface area (Å²) in [4.78, 5) is 21.1. The third-order valence-corrected chi connectivity index (χ3v) is 3.51. The van der Waals surface area contributed by atoms with Gasteiger partial charge in [-0.15, -0.1) is 0 Å². The van der Waals surface area contributed by atoms with Crippen LogP contribution in [0.3, 0.4) is 0 Å². The molecule has 7 heteroatoms. The summed E-state index contributed by atoms with van der Waals surface area (Å²) in [5.74, 6) is -1.34. The quantitative estimate of drug-likeness (QED) is 0.574. The minimum atomic E-state index is -1.34. The summed E-state index contributed by atoms with van der Waals surface area (Å²) in [6.45, 7) is 0. The molecule has 1 saturated carbocycles. The van der Waals surface area contributed by atoms with Crippen molar-refractivity contribution in [3.8, 4) is 0 Å². The average molecular weight is 280 g/mol. The molecule has 2 atom stereocenters. The van der Waals surface area contributed by atoms with E-state index in [4.69, 9.17) is 5.11 Å². The van der Waals surface area contributed by atoms with Crippen LogP contribution < -0.4 is 5.32 Å². The van der Waals surface area contributed by atoms with Crippen LogP contribution in [0.1, 0.15) is 36.0 Å². The van der Waals surface area contributed by atoms with Crippen LogP contribution in [0.15, 0.2) is 18.2 Å². The van der Waals surface area contributed by atoms with Gasteiger partial charge in [-0.2, -0.15) is 0 Å². The number of hydrogen-bond donors (Lipinski definition) is 3. The molecular formula is C13H16N2O5. The number of nitro groups is 1. The van der Waals surface area contributed by atoms with Gasteiger partial charge in [0.05, 0.1) is 17.1 Å². The Morgan fingerprint density at radius 1 is 1.35 bits per heavy atom. The smallest absolute Gasteiger partial charge is 0.342 e. The van der Waals surface area contributed by atoms with Crippen molar-refractivity contribution in [2.45, 2.75) is 37.8 Å². The van der Waals surface area contributed by atoms with Crippen molar-refractivity contribution in [2.75, 3.05) is 5.32 Å². The predicted octanol–water partition coefficient (Wildman–Crippen LogP) is 2.01. The molecule has 7 nitrogen and oxygen atoms in total.